The number of imidazole rings is 1. The van der Waals surface area contributed by atoms with Crippen LogP contribution in [0.1, 0.15) is 44.9 Å². The predicted molar refractivity (Wildman–Crippen MR) is 114 cm³/mol. The number of fused-ring (bicyclic) bond motifs is 1. The van der Waals surface area contributed by atoms with Crippen LogP contribution in [0.25, 0.3) is 16.9 Å². The normalized spacial score (nSPS) is 30.0. The first-order valence-electron chi connectivity index (χ1n) is 11.0. The van der Waals surface area contributed by atoms with E-state index in [2.05, 4.69) is 10.3 Å². The van der Waals surface area contributed by atoms with Crippen LogP contribution < -0.4 is 5.32 Å². The lowest BCUT2D eigenvalue weighted by atomic mass is 9.49. The Hall–Kier alpha value is -2.62. The second-order valence-corrected chi connectivity index (χ2v) is 9.81. The molecular weight excluding hydrogens is 358 g/mol. The smallest absolute Gasteiger partial charge is 0.224 e. The third kappa shape index (κ3) is 3.15. The Morgan fingerprint density at radius 2 is 1.69 bits per heavy atom. The van der Waals surface area contributed by atoms with Crippen LogP contribution in [0.5, 0.6) is 0 Å². The third-order valence-electron chi connectivity index (χ3n) is 7.53. The van der Waals surface area contributed by atoms with E-state index in [0.717, 1.165) is 40.3 Å². The van der Waals surface area contributed by atoms with Gasteiger partial charge in [-0.1, -0.05) is 18.2 Å². The summed E-state index contributed by atoms with van der Waals surface area (Å²) in [6, 6.07) is 14.1. The lowest BCUT2D eigenvalue weighted by Crippen LogP contribution is -2.47. The number of hydrogen-bond donors (Lipinski definition) is 1. The minimum absolute atomic E-state index is 0.187. The molecule has 1 amide bonds. The third-order valence-corrected chi connectivity index (χ3v) is 7.53. The van der Waals surface area contributed by atoms with Gasteiger partial charge < -0.3 is 9.72 Å². The fourth-order valence-corrected chi connectivity index (χ4v) is 6.85. The molecule has 2 aromatic heterocycles. The van der Waals surface area contributed by atoms with Crippen molar-refractivity contribution in [2.45, 2.75) is 44.9 Å². The van der Waals surface area contributed by atoms with Crippen molar-refractivity contribution in [3.05, 3.63) is 54.9 Å². The summed E-state index contributed by atoms with van der Waals surface area (Å²) in [5.74, 6) is 2.85. The molecule has 7 rings (SSSR count). The van der Waals surface area contributed by atoms with Crippen molar-refractivity contribution < 1.29 is 4.79 Å². The molecule has 4 bridgehead atoms. The average molecular weight is 386 g/mol. The summed E-state index contributed by atoms with van der Waals surface area (Å²) >= 11 is 0. The molecule has 2 heterocycles. The summed E-state index contributed by atoms with van der Waals surface area (Å²) in [7, 11) is 0. The van der Waals surface area contributed by atoms with Gasteiger partial charge in [-0.2, -0.15) is 0 Å². The highest BCUT2D eigenvalue weighted by Gasteiger charge is 2.51. The van der Waals surface area contributed by atoms with Gasteiger partial charge in [-0.05, 0) is 86.0 Å². The molecule has 148 valence electrons. The number of aromatic nitrogens is 2. The van der Waals surface area contributed by atoms with Crippen LogP contribution in [0.2, 0.25) is 0 Å². The monoisotopic (exact) mass is 385 g/mol. The van der Waals surface area contributed by atoms with Gasteiger partial charge in [0.15, 0.2) is 0 Å². The molecule has 0 spiro atoms. The zero-order chi connectivity index (χ0) is 19.4. The summed E-state index contributed by atoms with van der Waals surface area (Å²) in [6.45, 7) is 0. The molecule has 4 aliphatic carbocycles. The van der Waals surface area contributed by atoms with E-state index in [-0.39, 0.29) is 11.3 Å². The summed E-state index contributed by atoms with van der Waals surface area (Å²) in [6.07, 6.45) is 12.8. The minimum Gasteiger partial charge on any atom is -0.326 e. The van der Waals surface area contributed by atoms with Gasteiger partial charge in [0.1, 0.15) is 5.65 Å². The molecule has 1 aromatic carbocycles. The van der Waals surface area contributed by atoms with Gasteiger partial charge in [-0.3, -0.25) is 4.79 Å². The van der Waals surface area contributed by atoms with Gasteiger partial charge >= 0.3 is 0 Å². The van der Waals surface area contributed by atoms with Crippen LogP contribution in [0, 0.1) is 23.2 Å². The molecule has 4 saturated carbocycles. The molecule has 4 heteroatoms. The Morgan fingerprint density at radius 1 is 1.00 bits per heavy atom. The molecule has 3 aromatic rings. The molecule has 0 aliphatic heterocycles. The van der Waals surface area contributed by atoms with E-state index < -0.39 is 0 Å². The van der Waals surface area contributed by atoms with E-state index in [1.54, 1.807) is 0 Å². The maximum absolute atomic E-state index is 12.8. The fraction of sp³-hybridized carbons (Fsp3) is 0.440. The first-order valence-corrected chi connectivity index (χ1v) is 11.0. The van der Waals surface area contributed by atoms with Crippen molar-refractivity contribution >= 4 is 17.2 Å². The molecule has 1 N–H and O–H groups in total. The number of benzene rings is 1. The van der Waals surface area contributed by atoms with Crippen molar-refractivity contribution in [3.63, 3.8) is 0 Å². The number of nitrogens with one attached hydrogen (secondary N) is 1. The fourth-order valence-electron chi connectivity index (χ4n) is 6.85. The number of pyridine rings is 1. The highest BCUT2D eigenvalue weighted by atomic mass is 16.1. The van der Waals surface area contributed by atoms with E-state index in [0.29, 0.717) is 6.42 Å². The molecule has 0 saturated heterocycles. The first-order chi connectivity index (χ1) is 14.1. The second-order valence-electron chi connectivity index (χ2n) is 9.81. The van der Waals surface area contributed by atoms with Gasteiger partial charge in [-0.15, -0.1) is 0 Å². The lowest BCUT2D eigenvalue weighted by Gasteiger charge is -2.56. The molecule has 0 radical (unpaired) electrons. The Balaban J connectivity index is 1.14. The second kappa shape index (κ2) is 6.45. The van der Waals surface area contributed by atoms with Crippen LogP contribution in [-0.2, 0) is 4.79 Å². The van der Waals surface area contributed by atoms with E-state index in [1.165, 1.54) is 38.5 Å². The molecular formula is C25H27N3O. The maximum atomic E-state index is 12.8. The van der Waals surface area contributed by atoms with E-state index >= 15 is 0 Å². The lowest BCUT2D eigenvalue weighted by molar-refractivity contribution is -0.124. The number of carbonyl (C=O) groups is 1. The standard InChI is InChI=1S/C25H27N3O/c29-24(15-25-12-17-9-18(13-25)11-19(10-17)14-25)26-21-6-4-20(5-7-21)22-16-28-8-2-1-3-23(28)27-22/h1-8,16-19H,9-15H2,(H,26,29). The molecule has 0 atom stereocenters. The number of amides is 1. The average Bonchev–Trinajstić information content (AvgIpc) is 3.11. The number of anilines is 1. The van der Waals surface area contributed by atoms with Crippen molar-refractivity contribution in [1.29, 1.82) is 0 Å². The van der Waals surface area contributed by atoms with E-state index in [9.17, 15) is 4.79 Å². The predicted octanol–water partition coefficient (Wildman–Crippen LogP) is 5.55. The number of hydrogen-bond acceptors (Lipinski definition) is 2. The topological polar surface area (TPSA) is 46.4 Å². The quantitative estimate of drug-likeness (QED) is 0.640. The largest absolute Gasteiger partial charge is 0.326 e. The molecule has 4 nitrogen and oxygen atoms in total. The molecule has 4 fully saturated rings. The van der Waals surface area contributed by atoms with Crippen LogP contribution >= 0.6 is 0 Å². The van der Waals surface area contributed by atoms with Crippen molar-refractivity contribution in [2.24, 2.45) is 23.2 Å². The van der Waals surface area contributed by atoms with Gasteiger partial charge in [0.25, 0.3) is 0 Å². The van der Waals surface area contributed by atoms with Gasteiger partial charge in [-0.25, -0.2) is 4.98 Å². The van der Waals surface area contributed by atoms with E-state index in [1.807, 2.05) is 59.3 Å². The molecule has 0 unspecified atom stereocenters. The van der Waals surface area contributed by atoms with Gasteiger partial charge in [0.05, 0.1) is 5.69 Å². The van der Waals surface area contributed by atoms with Crippen LogP contribution in [0.4, 0.5) is 5.69 Å². The highest BCUT2D eigenvalue weighted by Crippen LogP contribution is 2.61. The van der Waals surface area contributed by atoms with Crippen LogP contribution in [0.3, 0.4) is 0 Å². The Morgan fingerprint density at radius 3 is 2.34 bits per heavy atom. The zero-order valence-electron chi connectivity index (χ0n) is 16.7. The zero-order valence-corrected chi connectivity index (χ0v) is 16.7. The highest BCUT2D eigenvalue weighted by molar-refractivity contribution is 5.91. The Labute approximate surface area is 171 Å². The SMILES string of the molecule is O=C(CC12CC3CC(CC(C3)C1)C2)Nc1ccc(-c2cn3ccccc3n2)cc1. The van der Waals surface area contributed by atoms with Crippen LogP contribution in [-0.4, -0.2) is 15.3 Å². The Kier molecular flexibility index (Phi) is 3.84. The van der Waals surface area contributed by atoms with Crippen molar-refractivity contribution in [2.75, 3.05) is 5.32 Å². The van der Waals surface area contributed by atoms with Gasteiger partial charge in [0.2, 0.25) is 5.91 Å². The molecule has 29 heavy (non-hydrogen) atoms. The molecule has 4 aliphatic rings. The number of rotatable bonds is 4. The number of carbonyl (C=O) groups excluding carboxylic acids is 1. The van der Waals surface area contributed by atoms with Crippen molar-refractivity contribution in [1.82, 2.24) is 9.38 Å². The minimum atomic E-state index is 0.187. The van der Waals surface area contributed by atoms with Crippen molar-refractivity contribution in [3.8, 4) is 11.3 Å². The Bertz CT molecular complexity index is 997. The summed E-state index contributed by atoms with van der Waals surface area (Å²) in [5, 5.41) is 3.16. The summed E-state index contributed by atoms with van der Waals surface area (Å²) in [4.78, 5) is 17.5. The van der Waals surface area contributed by atoms with Gasteiger partial charge in [0, 0.05) is 30.1 Å². The van der Waals surface area contributed by atoms with E-state index in [4.69, 9.17) is 0 Å². The number of nitrogens with zero attached hydrogens (tertiary/aromatic N) is 2. The maximum Gasteiger partial charge on any atom is 0.224 e. The summed E-state index contributed by atoms with van der Waals surface area (Å²) < 4.78 is 2.02. The first kappa shape index (κ1) is 17.3. The van der Waals surface area contributed by atoms with Crippen LogP contribution in [0.15, 0.2) is 54.9 Å². The summed E-state index contributed by atoms with van der Waals surface area (Å²) in [5.41, 5.74) is 4.12.